The lowest BCUT2D eigenvalue weighted by Crippen LogP contribution is -2.47. The number of aromatic amines is 1. The van der Waals surface area contributed by atoms with E-state index in [-0.39, 0.29) is 42.8 Å². The number of nitrogens with zero attached hydrogens (tertiary/aromatic N) is 2. The Morgan fingerprint density at radius 2 is 1.89 bits per heavy atom. The van der Waals surface area contributed by atoms with Crippen LogP contribution in [0.4, 0.5) is 0 Å². The van der Waals surface area contributed by atoms with Crippen molar-refractivity contribution < 1.29 is 20.1 Å². The van der Waals surface area contributed by atoms with E-state index in [4.69, 9.17) is 0 Å². The second-order valence-corrected chi connectivity index (χ2v) is 8.04. The number of aliphatic hydroxyl groups is 3. The molecule has 0 bridgehead atoms. The molecule has 0 unspecified atom stereocenters. The molecule has 0 spiro atoms. The molecule has 2 aliphatic rings. The van der Waals surface area contributed by atoms with E-state index in [9.17, 15) is 24.9 Å². The van der Waals surface area contributed by atoms with Crippen molar-refractivity contribution in [2.75, 3.05) is 19.7 Å². The largest absolute Gasteiger partial charge is 0.396 e. The zero-order valence-corrected chi connectivity index (χ0v) is 15.8. The zero-order valence-electron chi connectivity index (χ0n) is 15.8. The number of carbonyl (C=O) groups is 1. The zero-order chi connectivity index (χ0) is 19.8. The van der Waals surface area contributed by atoms with Gasteiger partial charge in [0.25, 0.3) is 5.91 Å². The third kappa shape index (κ3) is 3.47. The number of piperidine rings is 1. The van der Waals surface area contributed by atoms with Gasteiger partial charge in [-0.1, -0.05) is 0 Å². The monoisotopic (exact) mass is 389 g/mol. The number of aliphatic hydroxyl groups excluding tert-OH is 3. The maximum Gasteiger partial charge on any atom is 0.326 e. The molecule has 1 aromatic heterocycles. The summed E-state index contributed by atoms with van der Waals surface area (Å²) in [6, 6.07) is 5.26. The third-order valence-electron chi connectivity index (χ3n) is 6.24. The minimum Gasteiger partial charge on any atom is -0.396 e. The molecule has 1 amide bonds. The Morgan fingerprint density at radius 1 is 1.14 bits per heavy atom. The average Bonchev–Trinajstić information content (AvgIpc) is 3.03. The summed E-state index contributed by atoms with van der Waals surface area (Å²) >= 11 is 0. The maximum atomic E-state index is 12.8. The number of likely N-dealkylation sites (tertiary alicyclic amines) is 1. The minimum absolute atomic E-state index is 0.0545. The van der Waals surface area contributed by atoms with Crippen molar-refractivity contribution in [3.05, 3.63) is 34.2 Å². The first-order valence-corrected chi connectivity index (χ1v) is 9.98. The Hall–Kier alpha value is -2.16. The van der Waals surface area contributed by atoms with E-state index in [1.54, 1.807) is 27.7 Å². The summed E-state index contributed by atoms with van der Waals surface area (Å²) in [6.07, 6.45) is 2.44. The van der Waals surface area contributed by atoms with E-state index in [0.29, 0.717) is 36.9 Å². The van der Waals surface area contributed by atoms with E-state index < -0.39 is 6.10 Å². The number of nitrogens with one attached hydrogen (secondary N) is 1. The number of imidazole rings is 1. The quantitative estimate of drug-likeness (QED) is 0.614. The maximum absolute atomic E-state index is 12.8. The van der Waals surface area contributed by atoms with Crippen molar-refractivity contribution in [1.82, 2.24) is 14.5 Å². The number of β-amino-alcohol motifs (C(OH)–C–C–N with tert-alkyl or cyclic N) is 1. The highest BCUT2D eigenvalue weighted by Crippen LogP contribution is 2.30. The van der Waals surface area contributed by atoms with Crippen LogP contribution in [0.3, 0.4) is 0 Å². The summed E-state index contributed by atoms with van der Waals surface area (Å²) in [6.45, 7) is 0.604. The van der Waals surface area contributed by atoms with Crippen LogP contribution in [0.5, 0.6) is 0 Å². The second-order valence-electron chi connectivity index (χ2n) is 8.04. The molecule has 2 fully saturated rings. The topological polar surface area (TPSA) is 119 Å². The summed E-state index contributed by atoms with van der Waals surface area (Å²) in [5, 5.41) is 29.1. The van der Waals surface area contributed by atoms with Crippen LogP contribution in [0.1, 0.15) is 48.5 Å². The summed E-state index contributed by atoms with van der Waals surface area (Å²) in [7, 11) is 0. The molecule has 2 aromatic rings. The van der Waals surface area contributed by atoms with E-state index in [2.05, 4.69) is 4.98 Å². The number of amides is 1. The number of aromatic nitrogens is 2. The van der Waals surface area contributed by atoms with Crippen LogP contribution >= 0.6 is 0 Å². The van der Waals surface area contributed by atoms with E-state index in [1.807, 2.05) is 0 Å². The Balaban J connectivity index is 1.57. The van der Waals surface area contributed by atoms with Crippen molar-refractivity contribution in [3.63, 3.8) is 0 Å². The Labute approximate surface area is 162 Å². The summed E-state index contributed by atoms with van der Waals surface area (Å²) < 4.78 is 1.74. The highest BCUT2D eigenvalue weighted by molar-refractivity contribution is 5.97. The van der Waals surface area contributed by atoms with Gasteiger partial charge in [0.2, 0.25) is 0 Å². The fraction of sp³-hybridized carbons (Fsp3) is 0.600. The highest BCUT2D eigenvalue weighted by atomic mass is 16.3. The summed E-state index contributed by atoms with van der Waals surface area (Å²) in [5.74, 6) is -0.377. The first-order chi connectivity index (χ1) is 13.5. The number of H-pyrrole nitrogens is 1. The smallest absolute Gasteiger partial charge is 0.326 e. The van der Waals surface area contributed by atoms with Gasteiger partial charge < -0.3 is 25.2 Å². The molecule has 1 aliphatic carbocycles. The molecule has 152 valence electrons. The lowest BCUT2D eigenvalue weighted by atomic mass is 9.93. The summed E-state index contributed by atoms with van der Waals surface area (Å²) in [4.78, 5) is 29.8. The van der Waals surface area contributed by atoms with Crippen LogP contribution in [0.2, 0.25) is 0 Å². The number of carbonyl (C=O) groups excluding carboxylic acids is 1. The van der Waals surface area contributed by atoms with Crippen LogP contribution in [0.25, 0.3) is 11.0 Å². The van der Waals surface area contributed by atoms with Gasteiger partial charge in [-0.15, -0.1) is 0 Å². The first-order valence-electron chi connectivity index (χ1n) is 9.98. The van der Waals surface area contributed by atoms with Crippen LogP contribution in [-0.2, 0) is 0 Å². The van der Waals surface area contributed by atoms with Crippen LogP contribution in [0, 0.1) is 5.92 Å². The number of hydrogen-bond acceptors (Lipinski definition) is 5. The fourth-order valence-corrected chi connectivity index (χ4v) is 4.50. The van der Waals surface area contributed by atoms with E-state index in [1.165, 1.54) is 0 Å². The van der Waals surface area contributed by atoms with Gasteiger partial charge in [-0.3, -0.25) is 9.36 Å². The van der Waals surface area contributed by atoms with Crippen molar-refractivity contribution in [3.8, 4) is 0 Å². The van der Waals surface area contributed by atoms with Crippen molar-refractivity contribution in [2.45, 2.75) is 50.4 Å². The molecule has 1 saturated heterocycles. The highest BCUT2D eigenvalue weighted by Gasteiger charge is 2.30. The van der Waals surface area contributed by atoms with Gasteiger partial charge >= 0.3 is 5.69 Å². The van der Waals surface area contributed by atoms with Gasteiger partial charge in [-0.2, -0.15) is 0 Å². The lowest BCUT2D eigenvalue weighted by Gasteiger charge is -2.35. The van der Waals surface area contributed by atoms with Gasteiger partial charge in [0, 0.05) is 37.2 Å². The minimum atomic E-state index is -0.728. The number of fused-ring (bicyclic) bond motifs is 1. The fourth-order valence-electron chi connectivity index (χ4n) is 4.50. The van der Waals surface area contributed by atoms with Gasteiger partial charge in [0.15, 0.2) is 0 Å². The Bertz CT molecular complexity index is 912. The molecule has 28 heavy (non-hydrogen) atoms. The number of rotatable bonds is 3. The van der Waals surface area contributed by atoms with E-state index in [0.717, 1.165) is 18.4 Å². The number of benzene rings is 1. The normalized spacial score (nSPS) is 28.6. The van der Waals surface area contributed by atoms with E-state index >= 15 is 0 Å². The Morgan fingerprint density at radius 3 is 2.57 bits per heavy atom. The molecule has 4 rings (SSSR count). The van der Waals surface area contributed by atoms with Gasteiger partial charge in [0.05, 0.1) is 23.2 Å². The molecule has 4 N–H and O–H groups in total. The van der Waals surface area contributed by atoms with Crippen LogP contribution in [-0.4, -0.2) is 67.6 Å². The molecule has 1 saturated carbocycles. The molecular formula is C20H27N3O5. The lowest BCUT2D eigenvalue weighted by molar-refractivity contribution is 0.000883. The van der Waals surface area contributed by atoms with Gasteiger partial charge in [0.1, 0.15) is 0 Å². The van der Waals surface area contributed by atoms with Gasteiger partial charge in [-0.05, 0) is 50.3 Å². The summed E-state index contributed by atoms with van der Waals surface area (Å²) in [5.41, 5.74) is 1.66. The standard InChI is InChI=1S/C20H27N3O5/c24-11-13-7-8-22(10-18(13)26)19(27)12-1-6-17-16(9-12)21-20(28)23(17)14-2-4-15(25)5-3-14/h1,6,9,13-15,18,24-26H,2-5,7-8,10-11H2,(H,21,28)/t13-,14?,15?,18-/m1/s1. The third-order valence-corrected chi connectivity index (χ3v) is 6.24. The molecule has 8 heteroatoms. The first kappa shape index (κ1) is 19.2. The van der Waals surface area contributed by atoms with Crippen LogP contribution < -0.4 is 5.69 Å². The molecule has 0 radical (unpaired) electrons. The van der Waals surface area contributed by atoms with Crippen molar-refractivity contribution in [1.29, 1.82) is 0 Å². The predicted molar refractivity (Wildman–Crippen MR) is 103 cm³/mol. The van der Waals surface area contributed by atoms with Crippen LogP contribution in [0.15, 0.2) is 23.0 Å². The van der Waals surface area contributed by atoms with Crippen molar-refractivity contribution >= 4 is 16.9 Å². The predicted octanol–water partition coefficient (Wildman–Crippen LogP) is 0.621. The average molecular weight is 389 g/mol. The van der Waals surface area contributed by atoms with Crippen molar-refractivity contribution in [2.24, 2.45) is 5.92 Å². The molecule has 2 heterocycles. The molecule has 8 nitrogen and oxygen atoms in total. The molecular weight excluding hydrogens is 362 g/mol. The molecule has 1 aromatic carbocycles. The SMILES string of the molecule is O=C(c1ccc2c(c1)[nH]c(=O)n2C1CCC(O)CC1)N1CC[C@H](CO)[C@H](O)C1. The Kier molecular flexibility index (Phi) is 5.27. The number of hydrogen-bond donors (Lipinski definition) is 4. The molecule has 2 atom stereocenters. The van der Waals surface area contributed by atoms with Gasteiger partial charge in [-0.25, -0.2) is 4.79 Å². The second kappa shape index (κ2) is 7.69. The molecule has 1 aliphatic heterocycles.